The maximum absolute atomic E-state index is 4.33. The van der Waals surface area contributed by atoms with E-state index in [1.807, 2.05) is 30.7 Å². The molecule has 0 aromatic carbocycles. The van der Waals surface area contributed by atoms with E-state index in [2.05, 4.69) is 28.0 Å². The highest BCUT2D eigenvalue weighted by molar-refractivity contribution is 5.54. The number of unbranched alkanes of at least 4 members (excludes halogenated alkanes) is 1. The van der Waals surface area contributed by atoms with Crippen molar-refractivity contribution in [2.45, 2.75) is 19.8 Å². The summed E-state index contributed by atoms with van der Waals surface area (Å²) >= 11 is 0. The molecule has 0 unspecified atom stereocenters. The van der Waals surface area contributed by atoms with Gasteiger partial charge < -0.3 is 4.57 Å². The summed E-state index contributed by atoms with van der Waals surface area (Å²) in [7, 11) is 0. The molecule has 0 saturated carbocycles. The standard InChI is InChI=1S/C12H14N3/c1-2-3-8-15-9-7-14-12(15)11-5-4-6-13-10-11/h4-10H,2-3H2,1H3. The maximum atomic E-state index is 4.33. The normalized spacial score (nSPS) is 10.5. The number of rotatable bonds is 4. The summed E-state index contributed by atoms with van der Waals surface area (Å²) in [5.74, 6) is 0.955. The van der Waals surface area contributed by atoms with Crippen LogP contribution in [-0.4, -0.2) is 14.5 Å². The van der Waals surface area contributed by atoms with E-state index < -0.39 is 0 Å². The molecule has 77 valence electrons. The predicted molar refractivity (Wildman–Crippen MR) is 60.1 cm³/mol. The van der Waals surface area contributed by atoms with Gasteiger partial charge in [-0.1, -0.05) is 13.3 Å². The Morgan fingerprint density at radius 2 is 2.33 bits per heavy atom. The summed E-state index contributed by atoms with van der Waals surface area (Å²) in [5, 5.41) is 0. The van der Waals surface area contributed by atoms with Crippen LogP contribution in [0, 0.1) is 6.54 Å². The first-order chi connectivity index (χ1) is 7.42. The first kappa shape index (κ1) is 9.90. The Morgan fingerprint density at radius 3 is 3.07 bits per heavy atom. The Hall–Kier alpha value is -1.64. The molecular formula is C12H14N3. The largest absolute Gasteiger partial charge is 0.326 e. The topological polar surface area (TPSA) is 30.7 Å². The lowest BCUT2D eigenvalue weighted by atomic mass is 10.2. The molecule has 0 fully saturated rings. The fraction of sp³-hybridized carbons (Fsp3) is 0.250. The van der Waals surface area contributed by atoms with Gasteiger partial charge in [-0.05, 0) is 18.6 Å². The molecule has 0 bridgehead atoms. The Kier molecular flexibility index (Phi) is 3.12. The molecule has 2 aromatic rings. The van der Waals surface area contributed by atoms with Crippen LogP contribution in [-0.2, 0) is 0 Å². The predicted octanol–water partition coefficient (Wildman–Crippen LogP) is 2.76. The summed E-state index contributed by atoms with van der Waals surface area (Å²) < 4.78 is 2.06. The minimum absolute atomic E-state index is 0.955. The van der Waals surface area contributed by atoms with Crippen LogP contribution in [0.2, 0.25) is 0 Å². The van der Waals surface area contributed by atoms with Crippen molar-refractivity contribution in [3.05, 3.63) is 43.5 Å². The van der Waals surface area contributed by atoms with Gasteiger partial charge in [-0.2, -0.15) is 0 Å². The first-order valence-electron chi connectivity index (χ1n) is 5.18. The molecule has 3 nitrogen and oxygen atoms in total. The van der Waals surface area contributed by atoms with Gasteiger partial charge in [-0.3, -0.25) is 4.98 Å². The Bertz CT molecular complexity index is 406. The summed E-state index contributed by atoms with van der Waals surface area (Å²) in [6, 6.07) is 3.94. The molecule has 1 radical (unpaired) electrons. The Morgan fingerprint density at radius 1 is 1.40 bits per heavy atom. The highest BCUT2D eigenvalue weighted by atomic mass is 15.1. The van der Waals surface area contributed by atoms with Gasteiger partial charge in [0.25, 0.3) is 0 Å². The van der Waals surface area contributed by atoms with E-state index in [1.54, 1.807) is 6.20 Å². The molecule has 15 heavy (non-hydrogen) atoms. The van der Waals surface area contributed by atoms with Gasteiger partial charge in [0.1, 0.15) is 5.82 Å². The average Bonchev–Trinajstić information content (AvgIpc) is 2.75. The van der Waals surface area contributed by atoms with E-state index >= 15 is 0 Å². The van der Waals surface area contributed by atoms with E-state index in [0.29, 0.717) is 0 Å². The fourth-order valence-electron chi connectivity index (χ4n) is 1.45. The Labute approximate surface area is 89.8 Å². The number of aromatic nitrogens is 3. The number of imidazole rings is 1. The number of hydrogen-bond acceptors (Lipinski definition) is 2. The Balaban J connectivity index is 2.25. The van der Waals surface area contributed by atoms with Crippen molar-refractivity contribution in [2.75, 3.05) is 0 Å². The fourth-order valence-corrected chi connectivity index (χ4v) is 1.45. The van der Waals surface area contributed by atoms with Gasteiger partial charge in [0.05, 0.1) is 6.54 Å². The molecule has 3 heteroatoms. The maximum Gasteiger partial charge on any atom is 0.141 e. The van der Waals surface area contributed by atoms with E-state index in [9.17, 15) is 0 Å². The quantitative estimate of drug-likeness (QED) is 0.759. The van der Waals surface area contributed by atoms with Gasteiger partial charge in [-0.25, -0.2) is 4.98 Å². The summed E-state index contributed by atoms with van der Waals surface area (Å²) in [6.45, 7) is 4.31. The third-order valence-corrected chi connectivity index (χ3v) is 2.20. The minimum Gasteiger partial charge on any atom is -0.326 e. The van der Waals surface area contributed by atoms with Crippen molar-refractivity contribution in [3.63, 3.8) is 0 Å². The zero-order valence-electron chi connectivity index (χ0n) is 8.80. The zero-order chi connectivity index (χ0) is 10.5. The lowest BCUT2D eigenvalue weighted by Gasteiger charge is -2.05. The second-order valence-electron chi connectivity index (χ2n) is 3.37. The van der Waals surface area contributed by atoms with Gasteiger partial charge >= 0.3 is 0 Å². The summed E-state index contributed by atoms with van der Waals surface area (Å²) in [4.78, 5) is 8.43. The molecular weight excluding hydrogens is 186 g/mol. The summed E-state index contributed by atoms with van der Waals surface area (Å²) in [6.07, 6.45) is 9.59. The SMILES string of the molecule is CCC[CH]n1ccnc1-c1cccnc1. The highest BCUT2D eigenvalue weighted by Gasteiger charge is 2.04. The van der Waals surface area contributed by atoms with Gasteiger partial charge in [-0.15, -0.1) is 0 Å². The van der Waals surface area contributed by atoms with Crippen LogP contribution >= 0.6 is 0 Å². The number of nitrogens with zero attached hydrogens (tertiary/aromatic N) is 3. The van der Waals surface area contributed by atoms with Gasteiger partial charge in [0, 0.05) is 30.4 Å². The van der Waals surface area contributed by atoms with Gasteiger partial charge in [0.2, 0.25) is 0 Å². The molecule has 0 aliphatic heterocycles. The minimum atomic E-state index is 0.955. The zero-order valence-corrected chi connectivity index (χ0v) is 8.80. The monoisotopic (exact) mass is 200 g/mol. The molecule has 2 rings (SSSR count). The van der Waals surface area contributed by atoms with Crippen LogP contribution in [0.4, 0.5) is 0 Å². The van der Waals surface area contributed by atoms with Crippen molar-refractivity contribution < 1.29 is 0 Å². The highest BCUT2D eigenvalue weighted by Crippen LogP contribution is 2.16. The van der Waals surface area contributed by atoms with Crippen molar-refractivity contribution in [1.82, 2.24) is 14.5 Å². The van der Waals surface area contributed by atoms with E-state index in [-0.39, 0.29) is 0 Å². The first-order valence-corrected chi connectivity index (χ1v) is 5.18. The molecule has 0 amide bonds. The molecule has 0 spiro atoms. The van der Waals surface area contributed by atoms with Crippen molar-refractivity contribution in [2.24, 2.45) is 0 Å². The lowest BCUT2D eigenvalue weighted by Crippen LogP contribution is -1.96. The average molecular weight is 200 g/mol. The smallest absolute Gasteiger partial charge is 0.141 e. The summed E-state index contributed by atoms with van der Waals surface area (Å²) in [5.41, 5.74) is 1.05. The van der Waals surface area contributed by atoms with Crippen LogP contribution in [0.25, 0.3) is 11.4 Å². The second kappa shape index (κ2) is 4.73. The van der Waals surface area contributed by atoms with Crippen LogP contribution in [0.5, 0.6) is 0 Å². The number of hydrogen-bond donors (Lipinski definition) is 0. The molecule has 0 saturated heterocycles. The van der Waals surface area contributed by atoms with Crippen molar-refractivity contribution in [1.29, 1.82) is 0 Å². The third kappa shape index (κ3) is 2.24. The molecule has 2 aromatic heterocycles. The van der Waals surface area contributed by atoms with E-state index in [1.165, 1.54) is 0 Å². The molecule has 0 aliphatic rings. The molecule has 0 N–H and O–H groups in total. The van der Waals surface area contributed by atoms with Crippen LogP contribution in [0.15, 0.2) is 36.9 Å². The molecule has 0 atom stereocenters. The van der Waals surface area contributed by atoms with Crippen molar-refractivity contribution in [3.8, 4) is 11.4 Å². The second-order valence-corrected chi connectivity index (χ2v) is 3.37. The van der Waals surface area contributed by atoms with E-state index in [4.69, 9.17) is 0 Å². The molecule has 0 aliphatic carbocycles. The van der Waals surface area contributed by atoms with Crippen LogP contribution < -0.4 is 0 Å². The van der Waals surface area contributed by atoms with Gasteiger partial charge in [0.15, 0.2) is 0 Å². The van der Waals surface area contributed by atoms with Crippen LogP contribution in [0.3, 0.4) is 0 Å². The van der Waals surface area contributed by atoms with Crippen LogP contribution in [0.1, 0.15) is 19.8 Å². The lowest BCUT2D eigenvalue weighted by molar-refractivity contribution is 0.802. The third-order valence-electron chi connectivity index (χ3n) is 2.20. The van der Waals surface area contributed by atoms with Crippen molar-refractivity contribution >= 4 is 0 Å². The number of pyridine rings is 1. The van der Waals surface area contributed by atoms with E-state index in [0.717, 1.165) is 24.2 Å². The molecule has 2 heterocycles.